The number of aromatic nitrogens is 2. The van der Waals surface area contributed by atoms with Gasteiger partial charge in [0.1, 0.15) is 6.33 Å². The van der Waals surface area contributed by atoms with Gasteiger partial charge >= 0.3 is 0 Å². The topological polar surface area (TPSA) is 25.8 Å². The summed E-state index contributed by atoms with van der Waals surface area (Å²) in [5.41, 5.74) is 6.97. The predicted octanol–water partition coefficient (Wildman–Crippen LogP) is 9.94. The van der Waals surface area contributed by atoms with Gasteiger partial charge in [0, 0.05) is 15.6 Å². The smallest absolute Gasteiger partial charge is 0.116 e. The first kappa shape index (κ1) is 23.6. The Morgan fingerprint density at radius 2 is 1.64 bits per heavy atom. The fraction of sp³-hybridized carbons (Fsp3) is 0.394. The van der Waals surface area contributed by atoms with Crippen LogP contribution >= 0.6 is 11.3 Å². The van der Waals surface area contributed by atoms with E-state index in [0.29, 0.717) is 11.3 Å². The molecule has 2 heterocycles. The number of hydrogen-bond acceptors (Lipinski definition) is 3. The van der Waals surface area contributed by atoms with Gasteiger partial charge in [-0.25, -0.2) is 9.97 Å². The average molecular weight is 493 g/mol. The first-order valence-corrected chi connectivity index (χ1v) is 14.2. The lowest BCUT2D eigenvalue weighted by Gasteiger charge is -2.34. The highest BCUT2D eigenvalue weighted by molar-refractivity contribution is 7.26. The van der Waals surface area contributed by atoms with Crippen molar-refractivity contribution in [2.24, 2.45) is 10.8 Å². The van der Waals surface area contributed by atoms with Gasteiger partial charge in [-0.2, -0.15) is 0 Å². The van der Waals surface area contributed by atoms with E-state index in [1.54, 1.807) is 6.33 Å². The number of nitrogens with zero attached hydrogens (tertiary/aromatic N) is 2. The molecule has 1 fully saturated rings. The summed E-state index contributed by atoms with van der Waals surface area (Å²) in [5, 5.41) is 3.81. The fourth-order valence-corrected chi connectivity index (χ4v) is 7.16. The van der Waals surface area contributed by atoms with E-state index >= 15 is 0 Å². The van der Waals surface area contributed by atoms with Crippen molar-refractivity contribution in [2.45, 2.75) is 72.6 Å². The predicted molar refractivity (Wildman–Crippen MR) is 156 cm³/mol. The number of benzene rings is 3. The average Bonchev–Trinajstić information content (AvgIpc) is 3.21. The molecule has 2 aromatic heterocycles. The van der Waals surface area contributed by atoms with E-state index in [-0.39, 0.29) is 5.41 Å². The third kappa shape index (κ3) is 4.54. The summed E-state index contributed by atoms with van der Waals surface area (Å²) in [7, 11) is 0. The summed E-state index contributed by atoms with van der Waals surface area (Å²) in [5.74, 6) is 0.682. The lowest BCUT2D eigenvalue weighted by molar-refractivity contribution is 0.224. The molecule has 1 aliphatic carbocycles. The van der Waals surface area contributed by atoms with E-state index in [0.717, 1.165) is 17.6 Å². The molecule has 1 aliphatic rings. The second-order valence-corrected chi connectivity index (χ2v) is 13.9. The van der Waals surface area contributed by atoms with E-state index in [1.807, 2.05) is 11.3 Å². The Labute approximate surface area is 218 Å². The minimum Gasteiger partial charge on any atom is -0.235 e. The van der Waals surface area contributed by atoms with E-state index < -0.39 is 0 Å². The van der Waals surface area contributed by atoms with Crippen molar-refractivity contribution in [1.82, 2.24) is 9.97 Å². The van der Waals surface area contributed by atoms with Crippen molar-refractivity contribution in [3.8, 4) is 11.3 Å². The Balaban J connectivity index is 1.38. The highest BCUT2D eigenvalue weighted by Gasteiger charge is 2.28. The maximum absolute atomic E-state index is 4.77. The van der Waals surface area contributed by atoms with Crippen LogP contribution < -0.4 is 0 Å². The molecule has 3 heteroatoms. The molecule has 0 saturated heterocycles. The molecule has 0 N–H and O–H groups in total. The van der Waals surface area contributed by atoms with Crippen LogP contribution in [-0.2, 0) is 6.42 Å². The van der Waals surface area contributed by atoms with Crippen molar-refractivity contribution in [1.29, 1.82) is 0 Å². The number of rotatable bonds is 3. The van der Waals surface area contributed by atoms with E-state index in [2.05, 4.69) is 89.2 Å². The normalized spacial score (nSPS) is 16.8. The highest BCUT2D eigenvalue weighted by Crippen LogP contribution is 2.44. The Kier molecular flexibility index (Phi) is 5.68. The Bertz CT molecular complexity index is 1570. The molecule has 0 amide bonds. The minimum atomic E-state index is 0.287. The van der Waals surface area contributed by atoms with Crippen molar-refractivity contribution < 1.29 is 0 Å². The molecule has 6 rings (SSSR count). The highest BCUT2D eigenvalue weighted by atomic mass is 32.1. The van der Waals surface area contributed by atoms with Crippen LogP contribution in [0.4, 0.5) is 0 Å². The molecule has 2 nitrogen and oxygen atoms in total. The summed E-state index contributed by atoms with van der Waals surface area (Å²) in [6.07, 6.45) is 8.04. The number of hydrogen-bond donors (Lipinski definition) is 0. The van der Waals surface area contributed by atoms with Crippen LogP contribution in [0.15, 0.2) is 60.9 Å². The lowest BCUT2D eigenvalue weighted by Crippen LogP contribution is -2.20. The fourth-order valence-electron chi connectivity index (χ4n) is 5.95. The maximum atomic E-state index is 4.77. The molecule has 184 valence electrons. The lowest BCUT2D eigenvalue weighted by atomic mass is 9.71. The molecule has 0 aliphatic heterocycles. The quantitative estimate of drug-likeness (QED) is 0.250. The van der Waals surface area contributed by atoms with Crippen LogP contribution in [0.25, 0.3) is 42.3 Å². The zero-order valence-corrected chi connectivity index (χ0v) is 23.0. The van der Waals surface area contributed by atoms with Crippen LogP contribution in [0.2, 0.25) is 0 Å². The zero-order chi connectivity index (χ0) is 25.1. The molecule has 5 aromatic rings. The van der Waals surface area contributed by atoms with E-state index in [4.69, 9.17) is 9.97 Å². The summed E-state index contributed by atoms with van der Waals surface area (Å²) in [6.45, 7) is 11.7. The van der Waals surface area contributed by atoms with Gasteiger partial charge in [0.25, 0.3) is 0 Å². The van der Waals surface area contributed by atoms with Gasteiger partial charge in [0.15, 0.2) is 0 Å². The molecule has 36 heavy (non-hydrogen) atoms. The van der Waals surface area contributed by atoms with Gasteiger partial charge in [0.2, 0.25) is 0 Å². The molecule has 3 aromatic carbocycles. The molecular formula is C33H36N2S. The van der Waals surface area contributed by atoms with Crippen LogP contribution in [0.3, 0.4) is 0 Å². The van der Waals surface area contributed by atoms with Gasteiger partial charge in [0.05, 0.1) is 15.9 Å². The summed E-state index contributed by atoms with van der Waals surface area (Å²) < 4.78 is 2.53. The van der Waals surface area contributed by atoms with Gasteiger partial charge in [-0.1, -0.05) is 77.1 Å². The van der Waals surface area contributed by atoms with Crippen molar-refractivity contribution in [3.05, 3.63) is 72.1 Å². The first-order chi connectivity index (χ1) is 17.2. The SMILES string of the molecule is CC(C)(C)Cc1ccc2cc(-c3ncnc4c3sc3cc(C5CCC(C)(C)CC5)ccc34)ccc2c1. The van der Waals surface area contributed by atoms with Crippen LogP contribution in [-0.4, -0.2) is 9.97 Å². The standard InChI is InChI=1S/C33H36N2S/c1-32(2,3)19-21-6-7-24-17-26(9-8-23(24)16-21)29-31-30(35-20-34-29)27-11-10-25(18-28(27)36-31)22-12-14-33(4,5)15-13-22/h6-11,16-18,20,22H,12-15,19H2,1-5H3. The summed E-state index contributed by atoms with van der Waals surface area (Å²) >= 11 is 1.85. The van der Waals surface area contributed by atoms with Crippen LogP contribution in [0.1, 0.15) is 77.3 Å². The Morgan fingerprint density at radius 1 is 0.889 bits per heavy atom. The summed E-state index contributed by atoms with van der Waals surface area (Å²) in [4.78, 5) is 9.50. The van der Waals surface area contributed by atoms with Crippen molar-refractivity contribution >= 4 is 42.4 Å². The molecule has 0 atom stereocenters. The maximum Gasteiger partial charge on any atom is 0.116 e. The van der Waals surface area contributed by atoms with Crippen molar-refractivity contribution in [2.75, 3.05) is 0 Å². The molecular weight excluding hydrogens is 456 g/mol. The van der Waals surface area contributed by atoms with E-state index in [1.165, 1.54) is 67.9 Å². The van der Waals surface area contributed by atoms with Gasteiger partial charge in [-0.3, -0.25) is 0 Å². The first-order valence-electron chi connectivity index (χ1n) is 13.4. The Morgan fingerprint density at radius 3 is 2.42 bits per heavy atom. The van der Waals surface area contributed by atoms with Gasteiger partial charge in [-0.05, 0) is 82.9 Å². The Hall–Kier alpha value is -2.78. The zero-order valence-electron chi connectivity index (χ0n) is 22.2. The second kappa shape index (κ2) is 8.66. The third-order valence-corrected chi connectivity index (χ3v) is 9.15. The van der Waals surface area contributed by atoms with Crippen molar-refractivity contribution in [3.63, 3.8) is 0 Å². The molecule has 0 unspecified atom stereocenters. The van der Waals surface area contributed by atoms with Gasteiger partial charge in [-0.15, -0.1) is 11.3 Å². The molecule has 0 spiro atoms. The van der Waals surface area contributed by atoms with Crippen LogP contribution in [0, 0.1) is 10.8 Å². The largest absolute Gasteiger partial charge is 0.235 e. The third-order valence-electron chi connectivity index (χ3n) is 8.00. The minimum absolute atomic E-state index is 0.287. The monoisotopic (exact) mass is 492 g/mol. The number of thiophene rings is 1. The molecule has 0 radical (unpaired) electrons. The molecule has 1 saturated carbocycles. The number of fused-ring (bicyclic) bond motifs is 4. The second-order valence-electron chi connectivity index (χ2n) is 12.8. The molecule has 0 bridgehead atoms. The van der Waals surface area contributed by atoms with E-state index in [9.17, 15) is 0 Å². The van der Waals surface area contributed by atoms with Crippen LogP contribution in [0.5, 0.6) is 0 Å². The van der Waals surface area contributed by atoms with Gasteiger partial charge < -0.3 is 0 Å². The summed E-state index contributed by atoms with van der Waals surface area (Å²) in [6, 6.07) is 20.7.